The molecule has 20 heavy (non-hydrogen) atoms. The lowest BCUT2D eigenvalue weighted by Crippen LogP contribution is -2.42. The third-order valence-corrected chi connectivity index (χ3v) is 5.21. The highest BCUT2D eigenvalue weighted by Crippen LogP contribution is 2.27. The Bertz CT molecular complexity index is 438. The van der Waals surface area contributed by atoms with Crippen LogP contribution in [0.2, 0.25) is 0 Å². The molecule has 1 aliphatic rings. The lowest BCUT2D eigenvalue weighted by Gasteiger charge is -2.29. The van der Waals surface area contributed by atoms with E-state index >= 15 is 0 Å². The lowest BCUT2D eigenvalue weighted by molar-refractivity contribution is -0.123. The van der Waals surface area contributed by atoms with Crippen LogP contribution in [-0.2, 0) is 4.79 Å². The van der Waals surface area contributed by atoms with Crippen molar-refractivity contribution in [1.29, 1.82) is 0 Å². The van der Waals surface area contributed by atoms with Gasteiger partial charge >= 0.3 is 0 Å². The van der Waals surface area contributed by atoms with Gasteiger partial charge in [0.15, 0.2) is 0 Å². The molecular formula is C16H24N2OS. The number of nitrogens with one attached hydrogen (secondary N) is 1. The van der Waals surface area contributed by atoms with E-state index in [0.717, 1.165) is 23.7 Å². The highest BCUT2D eigenvalue weighted by molar-refractivity contribution is 7.99. The molecule has 0 spiro atoms. The second-order valence-corrected chi connectivity index (χ2v) is 6.74. The van der Waals surface area contributed by atoms with E-state index in [1.807, 2.05) is 43.0 Å². The molecule has 0 saturated heterocycles. The maximum atomic E-state index is 12.2. The molecule has 3 N–H and O–H groups in total. The van der Waals surface area contributed by atoms with Crippen LogP contribution in [0.5, 0.6) is 0 Å². The van der Waals surface area contributed by atoms with Crippen molar-refractivity contribution in [2.45, 2.75) is 49.9 Å². The van der Waals surface area contributed by atoms with Crippen LogP contribution in [0.3, 0.4) is 0 Å². The molecule has 1 fully saturated rings. The van der Waals surface area contributed by atoms with Gasteiger partial charge in [-0.05, 0) is 44.4 Å². The number of rotatable bonds is 4. The van der Waals surface area contributed by atoms with E-state index in [0.29, 0.717) is 6.04 Å². The number of aryl methyl sites for hydroxylation is 1. The summed E-state index contributed by atoms with van der Waals surface area (Å²) >= 11 is 1.93. The zero-order valence-electron chi connectivity index (χ0n) is 12.3. The van der Waals surface area contributed by atoms with Gasteiger partial charge in [0.25, 0.3) is 0 Å². The molecule has 0 radical (unpaired) electrons. The molecule has 3 nitrogen and oxygen atoms in total. The van der Waals surface area contributed by atoms with Gasteiger partial charge < -0.3 is 11.1 Å². The number of hydrogen-bond donors (Lipinski definition) is 2. The van der Waals surface area contributed by atoms with Crippen LogP contribution >= 0.6 is 11.8 Å². The molecule has 1 unspecified atom stereocenters. The van der Waals surface area contributed by atoms with Crippen molar-refractivity contribution >= 4 is 17.7 Å². The van der Waals surface area contributed by atoms with E-state index in [1.54, 1.807) is 0 Å². The Labute approximate surface area is 125 Å². The quantitative estimate of drug-likeness (QED) is 0.897. The van der Waals surface area contributed by atoms with Crippen LogP contribution in [0.1, 0.15) is 42.9 Å². The molecule has 1 aromatic rings. The molecule has 110 valence electrons. The Morgan fingerprint density at radius 1 is 1.25 bits per heavy atom. The first-order valence-electron chi connectivity index (χ1n) is 7.25. The highest BCUT2D eigenvalue weighted by Gasteiger charge is 2.24. The molecule has 0 aliphatic heterocycles. The van der Waals surface area contributed by atoms with Gasteiger partial charge in [0.05, 0.1) is 0 Å². The lowest BCUT2D eigenvalue weighted by atomic mass is 9.94. The second kappa shape index (κ2) is 7.14. The first-order valence-corrected chi connectivity index (χ1v) is 8.54. The predicted octanol–water partition coefficient (Wildman–Crippen LogP) is 2.79. The van der Waals surface area contributed by atoms with Gasteiger partial charge in [-0.3, -0.25) is 4.79 Å². The largest absolute Gasteiger partial charge is 0.352 e. The summed E-state index contributed by atoms with van der Waals surface area (Å²) in [5.41, 5.74) is 8.10. The fourth-order valence-electron chi connectivity index (χ4n) is 2.66. The van der Waals surface area contributed by atoms with Crippen molar-refractivity contribution in [1.82, 2.24) is 5.32 Å². The number of carbonyl (C=O) groups is 1. The molecular weight excluding hydrogens is 268 g/mol. The minimum atomic E-state index is -0.561. The number of nitrogens with two attached hydrogens (primary N) is 1. The summed E-state index contributed by atoms with van der Waals surface area (Å²) in [6.45, 7) is 2.03. The Balaban J connectivity index is 1.87. The number of thioether (sulfide) groups is 1. The van der Waals surface area contributed by atoms with Crippen molar-refractivity contribution in [3.63, 3.8) is 0 Å². The monoisotopic (exact) mass is 292 g/mol. The highest BCUT2D eigenvalue weighted by atomic mass is 32.2. The van der Waals surface area contributed by atoms with E-state index in [4.69, 9.17) is 5.73 Å². The Kier molecular flexibility index (Phi) is 5.49. The van der Waals surface area contributed by atoms with E-state index in [1.165, 1.54) is 18.4 Å². The normalized spacial score (nSPS) is 24.1. The third kappa shape index (κ3) is 4.00. The molecule has 0 aromatic heterocycles. The SMILES string of the molecule is CSC1CCC(NC(=O)C(N)c2ccc(C)cc2)CC1. The molecule has 2 rings (SSSR count). The summed E-state index contributed by atoms with van der Waals surface area (Å²) < 4.78 is 0. The van der Waals surface area contributed by atoms with E-state index in [2.05, 4.69) is 11.6 Å². The summed E-state index contributed by atoms with van der Waals surface area (Å²) in [6, 6.07) is 7.59. The first-order chi connectivity index (χ1) is 9.60. The molecule has 1 atom stereocenters. The van der Waals surface area contributed by atoms with E-state index < -0.39 is 6.04 Å². The van der Waals surface area contributed by atoms with Crippen molar-refractivity contribution in [3.8, 4) is 0 Å². The van der Waals surface area contributed by atoms with Crippen molar-refractivity contribution in [2.24, 2.45) is 5.73 Å². The smallest absolute Gasteiger partial charge is 0.241 e. The minimum absolute atomic E-state index is 0.0542. The Morgan fingerprint density at radius 2 is 1.85 bits per heavy atom. The van der Waals surface area contributed by atoms with E-state index in [-0.39, 0.29) is 5.91 Å². The molecule has 4 heteroatoms. The molecule has 1 aromatic carbocycles. The molecule has 0 heterocycles. The van der Waals surface area contributed by atoms with Gasteiger partial charge in [-0.2, -0.15) is 11.8 Å². The van der Waals surface area contributed by atoms with Crippen molar-refractivity contribution < 1.29 is 4.79 Å². The Hall–Kier alpha value is -1.00. The summed E-state index contributed by atoms with van der Waals surface area (Å²) in [6.07, 6.45) is 6.67. The third-order valence-electron chi connectivity index (χ3n) is 4.07. The fraction of sp³-hybridized carbons (Fsp3) is 0.562. The van der Waals surface area contributed by atoms with Crippen LogP contribution < -0.4 is 11.1 Å². The Morgan fingerprint density at radius 3 is 2.40 bits per heavy atom. The average Bonchev–Trinajstić information content (AvgIpc) is 2.48. The number of benzene rings is 1. The summed E-state index contributed by atoms with van der Waals surface area (Å²) in [7, 11) is 0. The van der Waals surface area contributed by atoms with Gasteiger partial charge in [-0.15, -0.1) is 0 Å². The van der Waals surface area contributed by atoms with Crippen LogP contribution in [0.15, 0.2) is 24.3 Å². The summed E-state index contributed by atoms with van der Waals surface area (Å²) in [5, 5.41) is 3.86. The fourth-order valence-corrected chi connectivity index (χ4v) is 3.40. The zero-order chi connectivity index (χ0) is 14.5. The van der Waals surface area contributed by atoms with Gasteiger partial charge in [-0.25, -0.2) is 0 Å². The number of amides is 1. The summed E-state index contributed by atoms with van der Waals surface area (Å²) in [5.74, 6) is -0.0542. The number of hydrogen-bond acceptors (Lipinski definition) is 3. The van der Waals surface area contributed by atoms with Gasteiger partial charge in [-0.1, -0.05) is 29.8 Å². The summed E-state index contributed by atoms with van der Waals surface area (Å²) in [4.78, 5) is 12.2. The molecule has 1 aliphatic carbocycles. The predicted molar refractivity (Wildman–Crippen MR) is 85.8 cm³/mol. The molecule has 1 saturated carbocycles. The zero-order valence-corrected chi connectivity index (χ0v) is 13.1. The van der Waals surface area contributed by atoms with E-state index in [9.17, 15) is 4.79 Å². The maximum absolute atomic E-state index is 12.2. The van der Waals surface area contributed by atoms with Gasteiger partial charge in [0.2, 0.25) is 5.91 Å². The minimum Gasteiger partial charge on any atom is -0.352 e. The van der Waals surface area contributed by atoms with Crippen LogP contribution in [0, 0.1) is 6.92 Å². The van der Waals surface area contributed by atoms with Crippen LogP contribution in [0.25, 0.3) is 0 Å². The average molecular weight is 292 g/mol. The second-order valence-electron chi connectivity index (χ2n) is 5.61. The standard InChI is InChI=1S/C16H24N2OS/c1-11-3-5-12(6-4-11)15(17)16(19)18-13-7-9-14(20-2)10-8-13/h3-6,13-15H,7-10,17H2,1-2H3,(H,18,19). The first kappa shape index (κ1) is 15.4. The maximum Gasteiger partial charge on any atom is 0.241 e. The number of carbonyl (C=O) groups excluding carboxylic acids is 1. The molecule has 0 bridgehead atoms. The van der Waals surface area contributed by atoms with Gasteiger partial charge in [0.1, 0.15) is 6.04 Å². The van der Waals surface area contributed by atoms with Gasteiger partial charge in [0, 0.05) is 11.3 Å². The van der Waals surface area contributed by atoms with Crippen LogP contribution in [-0.4, -0.2) is 23.5 Å². The molecule has 1 amide bonds. The van der Waals surface area contributed by atoms with Crippen molar-refractivity contribution in [3.05, 3.63) is 35.4 Å². The van der Waals surface area contributed by atoms with Crippen LogP contribution in [0.4, 0.5) is 0 Å². The van der Waals surface area contributed by atoms with Crippen molar-refractivity contribution in [2.75, 3.05) is 6.26 Å². The topological polar surface area (TPSA) is 55.1 Å².